The van der Waals surface area contributed by atoms with Crippen LogP contribution in [0.5, 0.6) is 0 Å². The minimum absolute atomic E-state index is 0.0494. The Bertz CT molecular complexity index is 583. The second-order valence-corrected chi connectivity index (χ2v) is 4.83. The van der Waals surface area contributed by atoms with Crippen molar-refractivity contribution in [2.45, 2.75) is 19.4 Å². The van der Waals surface area contributed by atoms with E-state index in [1.54, 1.807) is 18.2 Å². The molecular formula is C18H18O2. The van der Waals surface area contributed by atoms with Gasteiger partial charge in [0.1, 0.15) is 0 Å². The van der Waals surface area contributed by atoms with Gasteiger partial charge < -0.3 is 5.11 Å². The van der Waals surface area contributed by atoms with Crippen molar-refractivity contribution in [3.63, 3.8) is 0 Å². The summed E-state index contributed by atoms with van der Waals surface area (Å²) in [6, 6.07) is 17.0. The number of rotatable bonds is 5. The Labute approximate surface area is 119 Å². The largest absolute Gasteiger partial charge is 0.389 e. The van der Waals surface area contributed by atoms with Gasteiger partial charge in [-0.25, -0.2) is 0 Å². The van der Waals surface area contributed by atoms with Gasteiger partial charge in [0, 0.05) is 12.0 Å². The van der Waals surface area contributed by atoms with Crippen molar-refractivity contribution in [1.82, 2.24) is 0 Å². The molecule has 0 radical (unpaired) electrons. The minimum atomic E-state index is -0.760. The second kappa shape index (κ2) is 6.83. The first-order valence-corrected chi connectivity index (χ1v) is 6.66. The summed E-state index contributed by atoms with van der Waals surface area (Å²) in [7, 11) is 0. The summed E-state index contributed by atoms with van der Waals surface area (Å²) >= 11 is 0. The van der Waals surface area contributed by atoms with Crippen molar-refractivity contribution in [3.8, 4) is 0 Å². The number of hydrogen-bond acceptors (Lipinski definition) is 2. The molecule has 1 atom stereocenters. The van der Waals surface area contributed by atoms with Crippen molar-refractivity contribution in [3.05, 3.63) is 77.4 Å². The highest BCUT2D eigenvalue weighted by atomic mass is 16.3. The fourth-order valence-corrected chi connectivity index (χ4v) is 1.90. The molecule has 102 valence electrons. The van der Waals surface area contributed by atoms with Crippen molar-refractivity contribution in [2.24, 2.45) is 0 Å². The summed E-state index contributed by atoms with van der Waals surface area (Å²) in [5, 5.41) is 9.89. The van der Waals surface area contributed by atoms with E-state index in [4.69, 9.17) is 0 Å². The van der Waals surface area contributed by atoms with Gasteiger partial charge in [0.2, 0.25) is 0 Å². The lowest BCUT2D eigenvalue weighted by atomic mass is 10.0. The van der Waals surface area contributed by atoms with E-state index in [1.165, 1.54) is 5.56 Å². The molecule has 0 bridgehead atoms. The molecule has 0 fully saturated rings. The van der Waals surface area contributed by atoms with Crippen LogP contribution in [-0.4, -0.2) is 17.0 Å². The van der Waals surface area contributed by atoms with Crippen LogP contribution in [0.3, 0.4) is 0 Å². The van der Waals surface area contributed by atoms with Crippen molar-refractivity contribution >= 4 is 11.9 Å². The molecule has 0 unspecified atom stereocenters. The molecule has 0 aromatic heterocycles. The van der Waals surface area contributed by atoms with E-state index in [0.717, 1.165) is 5.56 Å². The summed E-state index contributed by atoms with van der Waals surface area (Å²) in [4.78, 5) is 11.9. The zero-order valence-electron chi connectivity index (χ0n) is 11.5. The number of aliphatic hydroxyl groups excluding tert-OH is 1. The van der Waals surface area contributed by atoms with Crippen LogP contribution in [0.4, 0.5) is 0 Å². The standard InChI is InChI=1S/C18H18O2/c1-14-7-9-15(10-8-14)11-12-17(19)13-18(20)16-5-3-2-4-6-16/h2-12,17,19H,13H2,1H3/b12-11+/t17-/m1/s1. The summed E-state index contributed by atoms with van der Waals surface area (Å²) in [5.41, 5.74) is 2.85. The zero-order chi connectivity index (χ0) is 14.4. The highest BCUT2D eigenvalue weighted by Crippen LogP contribution is 2.09. The minimum Gasteiger partial charge on any atom is -0.389 e. The van der Waals surface area contributed by atoms with E-state index >= 15 is 0 Å². The van der Waals surface area contributed by atoms with Gasteiger partial charge in [-0.15, -0.1) is 0 Å². The first-order valence-electron chi connectivity index (χ1n) is 6.66. The molecule has 2 nitrogen and oxygen atoms in total. The molecule has 0 amide bonds. The normalized spacial score (nSPS) is 12.5. The maximum atomic E-state index is 11.9. The highest BCUT2D eigenvalue weighted by molar-refractivity contribution is 5.96. The number of aliphatic hydroxyl groups is 1. The van der Waals surface area contributed by atoms with Gasteiger partial charge in [-0.1, -0.05) is 72.3 Å². The molecule has 2 heteroatoms. The number of carbonyl (C=O) groups excluding carboxylic acids is 1. The molecule has 20 heavy (non-hydrogen) atoms. The molecule has 0 aliphatic carbocycles. The monoisotopic (exact) mass is 266 g/mol. The average molecular weight is 266 g/mol. The molecule has 0 aliphatic rings. The Morgan fingerprint density at radius 3 is 2.40 bits per heavy atom. The van der Waals surface area contributed by atoms with E-state index in [2.05, 4.69) is 0 Å². The molecule has 0 spiro atoms. The lowest BCUT2D eigenvalue weighted by Crippen LogP contribution is -2.10. The van der Waals surface area contributed by atoms with Gasteiger partial charge in [-0.05, 0) is 12.5 Å². The molecular weight excluding hydrogens is 248 g/mol. The molecule has 2 aromatic rings. The molecule has 0 saturated carbocycles. The fraction of sp³-hybridized carbons (Fsp3) is 0.167. The average Bonchev–Trinajstić information content (AvgIpc) is 2.47. The van der Waals surface area contributed by atoms with Crippen LogP contribution in [0.25, 0.3) is 6.08 Å². The molecule has 0 heterocycles. The van der Waals surface area contributed by atoms with Crippen molar-refractivity contribution < 1.29 is 9.90 Å². The zero-order valence-corrected chi connectivity index (χ0v) is 11.5. The van der Waals surface area contributed by atoms with Gasteiger partial charge >= 0.3 is 0 Å². The van der Waals surface area contributed by atoms with Crippen molar-refractivity contribution in [2.75, 3.05) is 0 Å². The number of hydrogen-bond donors (Lipinski definition) is 1. The number of aryl methyl sites for hydroxylation is 1. The van der Waals surface area contributed by atoms with E-state index < -0.39 is 6.10 Å². The smallest absolute Gasteiger partial charge is 0.165 e. The predicted octanol–water partition coefficient (Wildman–Crippen LogP) is 3.64. The topological polar surface area (TPSA) is 37.3 Å². The van der Waals surface area contributed by atoms with Crippen LogP contribution in [0.2, 0.25) is 0 Å². The maximum absolute atomic E-state index is 11.9. The van der Waals surface area contributed by atoms with Crippen LogP contribution >= 0.6 is 0 Å². The molecule has 0 saturated heterocycles. The summed E-state index contributed by atoms with van der Waals surface area (Å²) in [6.45, 7) is 2.03. The second-order valence-electron chi connectivity index (χ2n) is 4.83. The van der Waals surface area contributed by atoms with Crippen molar-refractivity contribution in [1.29, 1.82) is 0 Å². The van der Waals surface area contributed by atoms with Gasteiger partial charge in [0.05, 0.1) is 6.10 Å². The molecule has 1 N–H and O–H groups in total. The predicted molar refractivity (Wildman–Crippen MR) is 81.6 cm³/mol. The summed E-state index contributed by atoms with van der Waals surface area (Å²) < 4.78 is 0. The quantitative estimate of drug-likeness (QED) is 0.839. The maximum Gasteiger partial charge on any atom is 0.165 e. The van der Waals surface area contributed by atoms with Gasteiger partial charge in [0.15, 0.2) is 5.78 Å². The van der Waals surface area contributed by atoms with Gasteiger partial charge in [-0.2, -0.15) is 0 Å². The summed E-state index contributed by atoms with van der Waals surface area (Å²) in [6.07, 6.45) is 2.84. The number of Topliss-reactive ketones (excluding diaryl/α,β-unsaturated/α-hetero) is 1. The third-order valence-electron chi connectivity index (χ3n) is 3.08. The van der Waals surface area contributed by atoms with Crippen LogP contribution in [0.1, 0.15) is 27.9 Å². The molecule has 2 aromatic carbocycles. The van der Waals surface area contributed by atoms with Gasteiger partial charge in [0.25, 0.3) is 0 Å². The Morgan fingerprint density at radius 1 is 1.10 bits per heavy atom. The third kappa shape index (κ3) is 4.18. The first-order chi connectivity index (χ1) is 9.65. The molecule has 0 aliphatic heterocycles. The number of carbonyl (C=O) groups is 1. The van der Waals surface area contributed by atoms with Gasteiger partial charge in [-0.3, -0.25) is 4.79 Å². The fourth-order valence-electron chi connectivity index (χ4n) is 1.90. The summed E-state index contributed by atoms with van der Waals surface area (Å²) in [5.74, 6) is -0.0494. The van der Waals surface area contributed by atoms with E-state index in [9.17, 15) is 9.90 Å². The van der Waals surface area contributed by atoms with E-state index in [-0.39, 0.29) is 12.2 Å². The highest BCUT2D eigenvalue weighted by Gasteiger charge is 2.09. The Balaban J connectivity index is 1.94. The Kier molecular flexibility index (Phi) is 4.85. The van der Waals surface area contributed by atoms with Crippen LogP contribution in [0.15, 0.2) is 60.7 Å². The number of benzene rings is 2. The first kappa shape index (κ1) is 14.2. The van der Waals surface area contributed by atoms with E-state index in [0.29, 0.717) is 5.56 Å². The van der Waals surface area contributed by atoms with E-state index in [1.807, 2.05) is 55.5 Å². The SMILES string of the molecule is Cc1ccc(/C=C/[C@@H](O)CC(=O)c2ccccc2)cc1. The Hall–Kier alpha value is -2.19. The lowest BCUT2D eigenvalue weighted by molar-refractivity contribution is 0.0923. The third-order valence-corrected chi connectivity index (χ3v) is 3.08. The Morgan fingerprint density at radius 2 is 1.75 bits per heavy atom. The van der Waals surface area contributed by atoms with Crippen LogP contribution in [0, 0.1) is 6.92 Å². The number of ketones is 1. The molecule has 2 rings (SSSR count). The van der Waals surface area contributed by atoms with Crippen LogP contribution < -0.4 is 0 Å². The van der Waals surface area contributed by atoms with Crippen LogP contribution in [-0.2, 0) is 0 Å². The lowest BCUT2D eigenvalue weighted by Gasteiger charge is -2.05.